The number of rotatable bonds is 10. The molecule has 1 saturated heterocycles. The van der Waals surface area contributed by atoms with Crippen molar-refractivity contribution in [1.29, 1.82) is 0 Å². The number of pyridine rings is 1. The standard InChI is InChI=1S/C34H34N2O5S/c1-22-30(21-42-32-8-3-4-17-35-32)40-34(41-33(22)26-13-11-25(20-37)12-14-26)27-15-9-24(10-16-27)18-31(39)36-29-7-5-6-28(19-29)23(2)38/h3-17,19,22,30,33-34,37H,18,20-21H2,1-2H3,(H,36,39). The molecule has 0 bridgehead atoms. The summed E-state index contributed by atoms with van der Waals surface area (Å²) in [7, 11) is 0. The molecule has 1 aliphatic rings. The van der Waals surface area contributed by atoms with Gasteiger partial charge in [0.2, 0.25) is 5.91 Å². The van der Waals surface area contributed by atoms with Crippen LogP contribution in [0.25, 0.3) is 0 Å². The van der Waals surface area contributed by atoms with Gasteiger partial charge in [0.25, 0.3) is 0 Å². The van der Waals surface area contributed by atoms with Crippen molar-refractivity contribution in [2.24, 2.45) is 5.92 Å². The van der Waals surface area contributed by atoms with Gasteiger partial charge in [-0.05, 0) is 47.9 Å². The van der Waals surface area contributed by atoms with E-state index in [0.29, 0.717) is 17.0 Å². The minimum Gasteiger partial charge on any atom is -0.392 e. The maximum Gasteiger partial charge on any atom is 0.228 e. The maximum absolute atomic E-state index is 12.7. The van der Waals surface area contributed by atoms with Gasteiger partial charge in [-0.15, -0.1) is 11.8 Å². The Labute approximate surface area is 250 Å². The van der Waals surface area contributed by atoms with Crippen LogP contribution in [0.15, 0.2) is 102 Å². The smallest absolute Gasteiger partial charge is 0.228 e. The van der Waals surface area contributed by atoms with Crippen molar-refractivity contribution in [3.05, 3.63) is 125 Å². The van der Waals surface area contributed by atoms with E-state index in [4.69, 9.17) is 9.47 Å². The van der Waals surface area contributed by atoms with Crippen LogP contribution in [0, 0.1) is 5.92 Å². The van der Waals surface area contributed by atoms with Crippen molar-refractivity contribution in [2.75, 3.05) is 11.1 Å². The van der Waals surface area contributed by atoms with E-state index >= 15 is 0 Å². The highest BCUT2D eigenvalue weighted by Crippen LogP contribution is 2.43. The third-order valence-corrected chi connectivity index (χ3v) is 8.36. The molecule has 1 amide bonds. The first-order valence-corrected chi connectivity index (χ1v) is 14.9. The molecule has 216 valence electrons. The molecule has 0 saturated carbocycles. The number of thioether (sulfide) groups is 1. The van der Waals surface area contributed by atoms with Crippen molar-refractivity contribution in [3.8, 4) is 0 Å². The molecule has 1 aromatic heterocycles. The number of ketones is 1. The third kappa shape index (κ3) is 7.52. The average molecular weight is 583 g/mol. The summed E-state index contributed by atoms with van der Waals surface area (Å²) in [4.78, 5) is 28.8. The summed E-state index contributed by atoms with van der Waals surface area (Å²) in [5, 5.41) is 13.3. The van der Waals surface area contributed by atoms with E-state index in [1.54, 1.807) is 42.2 Å². The molecule has 2 N–H and O–H groups in total. The molecule has 0 radical (unpaired) electrons. The summed E-state index contributed by atoms with van der Waals surface area (Å²) in [5.41, 5.74) is 4.74. The van der Waals surface area contributed by atoms with Crippen LogP contribution in [0.3, 0.4) is 0 Å². The Morgan fingerprint density at radius 1 is 0.905 bits per heavy atom. The van der Waals surface area contributed by atoms with Crippen molar-refractivity contribution in [2.45, 2.75) is 50.4 Å². The van der Waals surface area contributed by atoms with Crippen LogP contribution in [0.5, 0.6) is 0 Å². The summed E-state index contributed by atoms with van der Waals surface area (Å²) in [5.74, 6) is 0.569. The Hall–Kier alpha value is -3.82. The molecule has 4 unspecified atom stereocenters. The van der Waals surface area contributed by atoms with Crippen molar-refractivity contribution in [3.63, 3.8) is 0 Å². The minimum atomic E-state index is -0.588. The number of carbonyl (C=O) groups is 2. The largest absolute Gasteiger partial charge is 0.392 e. The monoisotopic (exact) mass is 582 g/mol. The van der Waals surface area contributed by atoms with Crippen LogP contribution in [0.1, 0.15) is 58.9 Å². The third-order valence-electron chi connectivity index (χ3n) is 7.33. The zero-order valence-electron chi connectivity index (χ0n) is 23.6. The van der Waals surface area contributed by atoms with Crippen molar-refractivity contribution >= 4 is 29.1 Å². The van der Waals surface area contributed by atoms with E-state index in [1.165, 1.54) is 6.92 Å². The molecule has 1 aliphatic heterocycles. The first-order chi connectivity index (χ1) is 20.4. The van der Waals surface area contributed by atoms with Crippen molar-refractivity contribution in [1.82, 2.24) is 4.98 Å². The summed E-state index contributed by atoms with van der Waals surface area (Å²) in [6, 6.07) is 28.3. The number of benzene rings is 3. The number of nitrogens with one attached hydrogen (secondary N) is 1. The second-order valence-corrected chi connectivity index (χ2v) is 11.4. The highest BCUT2D eigenvalue weighted by Gasteiger charge is 2.38. The topological polar surface area (TPSA) is 97.8 Å². The Morgan fingerprint density at radius 3 is 2.33 bits per heavy atom. The number of hydrogen-bond donors (Lipinski definition) is 2. The molecule has 5 rings (SSSR count). The number of Topliss-reactive ketones (excluding diaryl/α,β-unsaturated/α-hetero) is 1. The Bertz CT molecular complexity index is 1490. The number of anilines is 1. The molecule has 0 spiro atoms. The van der Waals surface area contributed by atoms with Crippen LogP contribution >= 0.6 is 11.8 Å². The van der Waals surface area contributed by atoms with Gasteiger partial charge in [0.1, 0.15) is 0 Å². The highest BCUT2D eigenvalue weighted by atomic mass is 32.2. The summed E-state index contributed by atoms with van der Waals surface area (Å²) in [6.07, 6.45) is 1.08. The molecule has 4 atom stereocenters. The molecular weight excluding hydrogens is 548 g/mol. The van der Waals surface area contributed by atoms with Gasteiger partial charge in [-0.1, -0.05) is 73.7 Å². The number of aromatic nitrogens is 1. The van der Waals surface area contributed by atoms with Crippen LogP contribution in [0.2, 0.25) is 0 Å². The number of amides is 1. The van der Waals surface area contributed by atoms with E-state index in [9.17, 15) is 14.7 Å². The first-order valence-electron chi connectivity index (χ1n) is 13.9. The molecule has 8 heteroatoms. The van der Waals surface area contributed by atoms with Crippen LogP contribution < -0.4 is 5.32 Å². The molecule has 4 aromatic rings. The predicted octanol–water partition coefficient (Wildman–Crippen LogP) is 6.54. The summed E-state index contributed by atoms with van der Waals surface area (Å²) >= 11 is 1.66. The van der Waals surface area contributed by atoms with Gasteiger partial charge >= 0.3 is 0 Å². The lowest BCUT2D eigenvalue weighted by atomic mass is 9.91. The van der Waals surface area contributed by atoms with E-state index in [1.807, 2.05) is 66.7 Å². The van der Waals surface area contributed by atoms with Gasteiger partial charge < -0.3 is 19.9 Å². The predicted molar refractivity (Wildman–Crippen MR) is 163 cm³/mol. The average Bonchev–Trinajstić information content (AvgIpc) is 3.01. The highest BCUT2D eigenvalue weighted by molar-refractivity contribution is 7.99. The number of ether oxygens (including phenoxy) is 2. The molecule has 42 heavy (non-hydrogen) atoms. The fourth-order valence-electron chi connectivity index (χ4n) is 4.91. The van der Waals surface area contributed by atoms with Gasteiger partial charge in [0, 0.05) is 34.7 Å². The fourth-order valence-corrected chi connectivity index (χ4v) is 5.94. The maximum atomic E-state index is 12.7. The van der Waals surface area contributed by atoms with E-state index in [2.05, 4.69) is 17.2 Å². The summed E-state index contributed by atoms with van der Waals surface area (Å²) in [6.45, 7) is 3.63. The lowest BCUT2D eigenvalue weighted by molar-refractivity contribution is -0.268. The van der Waals surface area contributed by atoms with Crippen LogP contribution in [0.4, 0.5) is 5.69 Å². The second kappa shape index (κ2) is 13.9. The van der Waals surface area contributed by atoms with Gasteiger partial charge in [-0.2, -0.15) is 0 Å². The number of carbonyl (C=O) groups excluding carboxylic acids is 2. The minimum absolute atomic E-state index is 0.00833. The number of aliphatic hydroxyl groups is 1. The molecular formula is C34H34N2O5S. The van der Waals surface area contributed by atoms with Crippen LogP contribution in [-0.4, -0.2) is 33.6 Å². The van der Waals surface area contributed by atoms with Gasteiger partial charge in [0.05, 0.1) is 30.3 Å². The SMILES string of the molecule is CC(=O)c1cccc(NC(=O)Cc2ccc(C3OC(CSc4ccccn4)C(C)C(c4ccc(CO)cc4)O3)cc2)c1. The van der Waals surface area contributed by atoms with E-state index < -0.39 is 6.29 Å². The van der Waals surface area contributed by atoms with Gasteiger partial charge in [-0.3, -0.25) is 9.59 Å². The zero-order valence-corrected chi connectivity index (χ0v) is 24.4. The number of nitrogens with zero attached hydrogens (tertiary/aromatic N) is 1. The van der Waals surface area contributed by atoms with E-state index in [0.717, 1.165) is 27.3 Å². The molecule has 0 aliphatic carbocycles. The Morgan fingerprint density at radius 2 is 1.64 bits per heavy atom. The summed E-state index contributed by atoms with van der Waals surface area (Å²) < 4.78 is 13.1. The Balaban J connectivity index is 1.29. The first kappa shape index (κ1) is 29.7. The van der Waals surface area contributed by atoms with E-state index in [-0.39, 0.29) is 42.8 Å². The van der Waals surface area contributed by atoms with Gasteiger partial charge in [-0.25, -0.2) is 4.98 Å². The number of aliphatic hydroxyl groups excluding tert-OH is 1. The normalized spacial score (nSPS) is 20.2. The molecule has 3 aromatic carbocycles. The second-order valence-electron chi connectivity index (χ2n) is 10.4. The lowest BCUT2D eigenvalue weighted by Crippen LogP contribution is -2.38. The van der Waals surface area contributed by atoms with Gasteiger partial charge in [0.15, 0.2) is 12.1 Å². The zero-order chi connectivity index (χ0) is 29.5. The quantitative estimate of drug-likeness (QED) is 0.162. The van der Waals surface area contributed by atoms with Crippen molar-refractivity contribution < 1.29 is 24.2 Å². The van der Waals surface area contributed by atoms with Crippen LogP contribution in [-0.2, 0) is 27.3 Å². The Kier molecular flexibility index (Phi) is 9.81. The lowest BCUT2D eigenvalue weighted by Gasteiger charge is -2.41. The molecule has 1 fully saturated rings. The molecule has 2 heterocycles. The fraction of sp³-hybridized carbons (Fsp3) is 0.265. The molecule has 7 nitrogen and oxygen atoms in total. The number of hydrogen-bond acceptors (Lipinski definition) is 7.